The molecule has 0 spiro atoms. The van der Waals surface area contributed by atoms with Gasteiger partial charge in [-0.25, -0.2) is 4.79 Å². The molecule has 1 amide bonds. The summed E-state index contributed by atoms with van der Waals surface area (Å²) in [7, 11) is 0. The number of nitrogens with one attached hydrogen (secondary N) is 1. The fourth-order valence-electron chi connectivity index (χ4n) is 4.54. The summed E-state index contributed by atoms with van der Waals surface area (Å²) in [5, 5.41) is 2.73. The van der Waals surface area contributed by atoms with Crippen LogP contribution in [0.4, 0.5) is 4.79 Å². The van der Waals surface area contributed by atoms with Crippen LogP contribution in [0.3, 0.4) is 0 Å². The van der Waals surface area contributed by atoms with E-state index in [0.29, 0.717) is 19.0 Å². The number of rotatable bonds is 12. The second-order valence-corrected chi connectivity index (χ2v) is 12.8. The van der Waals surface area contributed by atoms with Gasteiger partial charge in [-0.15, -0.1) is 0 Å². The van der Waals surface area contributed by atoms with Crippen molar-refractivity contribution in [2.45, 2.75) is 78.6 Å². The van der Waals surface area contributed by atoms with Crippen LogP contribution in [0.5, 0.6) is 0 Å². The summed E-state index contributed by atoms with van der Waals surface area (Å²) in [5.74, 6) is 0.476. The summed E-state index contributed by atoms with van der Waals surface area (Å²) in [6.45, 7) is 15.2. The molecular weight excluding hydrogens is 498 g/mol. The molecule has 0 aliphatic heterocycles. The van der Waals surface area contributed by atoms with Crippen molar-refractivity contribution in [3.63, 3.8) is 0 Å². The molecule has 0 bridgehead atoms. The molecule has 3 rings (SSSR count). The van der Waals surface area contributed by atoms with Crippen LogP contribution in [-0.4, -0.2) is 54.5 Å². The van der Waals surface area contributed by atoms with Crippen molar-refractivity contribution in [3.05, 3.63) is 59.7 Å². The molecule has 7 heteroatoms. The quantitative estimate of drug-likeness (QED) is 0.298. The molecule has 0 heterocycles. The molecule has 1 aliphatic rings. The van der Waals surface area contributed by atoms with E-state index in [9.17, 15) is 9.59 Å². The Kier molecular flexibility index (Phi) is 10.4. The molecule has 0 fully saturated rings. The molecule has 1 N–H and O–H groups in total. The monoisotopic (exact) mass is 541 g/mol. The van der Waals surface area contributed by atoms with Crippen LogP contribution in [0.1, 0.15) is 71.9 Å². The number of hydrogen-bond acceptors (Lipinski definition) is 6. The zero-order chi connectivity index (χ0) is 27.9. The van der Waals surface area contributed by atoms with Gasteiger partial charge in [-0.2, -0.15) is 0 Å². The van der Waals surface area contributed by atoms with Gasteiger partial charge >= 0.3 is 6.09 Å². The minimum absolute atomic E-state index is 0.0299. The fourth-order valence-corrected chi connectivity index (χ4v) is 5.49. The number of carbonyl (C=O) groups is 2. The largest absolute Gasteiger partial charge is 0.449 e. The third-order valence-corrected chi connectivity index (χ3v) is 7.57. The Balaban J connectivity index is 1.51. The lowest BCUT2D eigenvalue weighted by molar-refractivity contribution is -0.114. The van der Waals surface area contributed by atoms with Crippen LogP contribution < -0.4 is 5.32 Å². The average Bonchev–Trinajstić information content (AvgIpc) is 3.16. The van der Waals surface area contributed by atoms with E-state index in [1.807, 2.05) is 72.7 Å². The van der Waals surface area contributed by atoms with Gasteiger partial charge in [-0.3, -0.25) is 4.79 Å². The van der Waals surface area contributed by atoms with Crippen LogP contribution in [0, 0.1) is 5.41 Å². The molecule has 0 saturated carbocycles. The molecule has 0 radical (unpaired) electrons. The van der Waals surface area contributed by atoms with Crippen LogP contribution >= 0.6 is 11.8 Å². The number of fused-ring (bicyclic) bond motifs is 3. The Labute approximate surface area is 232 Å². The highest BCUT2D eigenvalue weighted by Crippen LogP contribution is 2.44. The third kappa shape index (κ3) is 8.32. The third-order valence-electron chi connectivity index (χ3n) is 6.68. The standard InChI is InChI=1S/C31H43NO5S/c1-21(2)35-17-16-31(6,7)37-18-19-38-28(33)27(30(3,4)5)32-29(34)36-20-26-24-14-10-8-12-22(24)23-13-9-11-15-25(23)26/h8-15,21,26-27H,16-20H2,1-7H3,(H,32,34). The molecule has 1 unspecified atom stereocenters. The van der Waals surface area contributed by atoms with Crippen molar-refractivity contribution in [1.29, 1.82) is 0 Å². The van der Waals surface area contributed by atoms with Gasteiger partial charge in [0.2, 0.25) is 5.12 Å². The molecule has 1 aliphatic carbocycles. The number of ether oxygens (including phenoxy) is 3. The van der Waals surface area contributed by atoms with Gasteiger partial charge < -0.3 is 19.5 Å². The van der Waals surface area contributed by atoms with E-state index in [1.54, 1.807) is 0 Å². The minimum atomic E-state index is -0.685. The highest BCUT2D eigenvalue weighted by molar-refractivity contribution is 8.13. The van der Waals surface area contributed by atoms with Crippen molar-refractivity contribution in [3.8, 4) is 11.1 Å². The topological polar surface area (TPSA) is 73.9 Å². The van der Waals surface area contributed by atoms with Crippen LogP contribution in [-0.2, 0) is 19.0 Å². The number of amides is 1. The normalized spacial score (nSPS) is 14.2. The van der Waals surface area contributed by atoms with Gasteiger partial charge in [0, 0.05) is 18.3 Å². The molecule has 1 atom stereocenters. The van der Waals surface area contributed by atoms with E-state index in [4.69, 9.17) is 14.2 Å². The zero-order valence-corrected chi connectivity index (χ0v) is 24.7. The molecule has 2 aromatic carbocycles. The van der Waals surface area contributed by atoms with E-state index in [-0.39, 0.29) is 29.3 Å². The molecule has 6 nitrogen and oxygen atoms in total. The predicted molar refractivity (Wildman–Crippen MR) is 155 cm³/mol. The summed E-state index contributed by atoms with van der Waals surface area (Å²) in [6, 6.07) is 15.7. The van der Waals surface area contributed by atoms with Gasteiger partial charge in [0.05, 0.1) is 18.3 Å². The maximum atomic E-state index is 13.1. The lowest BCUT2D eigenvalue weighted by atomic mass is 9.87. The number of benzene rings is 2. The molecule has 38 heavy (non-hydrogen) atoms. The average molecular weight is 542 g/mol. The summed E-state index contributed by atoms with van der Waals surface area (Å²) in [6.07, 6.45) is 0.387. The predicted octanol–water partition coefficient (Wildman–Crippen LogP) is 6.81. The van der Waals surface area contributed by atoms with E-state index in [1.165, 1.54) is 22.9 Å². The molecule has 208 valence electrons. The first-order chi connectivity index (χ1) is 17.9. The molecular formula is C31H43NO5S. The van der Waals surface area contributed by atoms with Gasteiger partial charge in [-0.05, 0) is 61.8 Å². The van der Waals surface area contributed by atoms with Gasteiger partial charge in [0.15, 0.2) is 0 Å². The smallest absolute Gasteiger partial charge is 0.407 e. The van der Waals surface area contributed by atoms with Gasteiger partial charge in [0.25, 0.3) is 0 Å². The number of thioether (sulfide) groups is 1. The Morgan fingerprint density at radius 2 is 1.50 bits per heavy atom. The Bertz CT molecular complexity index is 1050. The zero-order valence-electron chi connectivity index (χ0n) is 23.8. The first kappa shape index (κ1) is 30.2. The molecule has 0 aromatic heterocycles. The first-order valence-electron chi connectivity index (χ1n) is 13.4. The Hall–Kier alpha value is -2.35. The fraction of sp³-hybridized carbons (Fsp3) is 0.548. The number of alkyl carbamates (subject to hydrolysis) is 1. The van der Waals surface area contributed by atoms with Gasteiger partial charge in [0.1, 0.15) is 12.6 Å². The SMILES string of the molecule is CC(C)OCCC(C)(C)OCCSC(=O)C(NC(=O)OCC1c2ccccc2-c2ccccc21)C(C)(C)C. The van der Waals surface area contributed by atoms with Crippen molar-refractivity contribution >= 4 is 23.0 Å². The summed E-state index contributed by atoms with van der Waals surface area (Å²) < 4.78 is 17.3. The van der Waals surface area contributed by atoms with Crippen molar-refractivity contribution < 1.29 is 23.8 Å². The van der Waals surface area contributed by atoms with E-state index < -0.39 is 17.6 Å². The number of carbonyl (C=O) groups excluding carboxylic acids is 2. The molecule has 0 saturated heterocycles. The second-order valence-electron chi connectivity index (χ2n) is 11.7. The second kappa shape index (κ2) is 13.1. The van der Waals surface area contributed by atoms with Crippen molar-refractivity contribution in [1.82, 2.24) is 5.32 Å². The van der Waals surface area contributed by atoms with E-state index in [0.717, 1.165) is 17.5 Å². The van der Waals surface area contributed by atoms with Crippen molar-refractivity contribution in [2.75, 3.05) is 25.6 Å². The summed E-state index contributed by atoms with van der Waals surface area (Å²) in [5.41, 5.74) is 3.85. The van der Waals surface area contributed by atoms with Crippen LogP contribution in [0.2, 0.25) is 0 Å². The lowest BCUT2D eigenvalue weighted by Crippen LogP contribution is -2.48. The Morgan fingerprint density at radius 3 is 2.05 bits per heavy atom. The first-order valence-corrected chi connectivity index (χ1v) is 14.4. The summed E-state index contributed by atoms with van der Waals surface area (Å²) in [4.78, 5) is 26.0. The number of hydrogen-bond donors (Lipinski definition) is 1. The highest BCUT2D eigenvalue weighted by atomic mass is 32.2. The minimum Gasteiger partial charge on any atom is -0.449 e. The van der Waals surface area contributed by atoms with Gasteiger partial charge in [-0.1, -0.05) is 81.1 Å². The van der Waals surface area contributed by atoms with Crippen molar-refractivity contribution in [2.24, 2.45) is 5.41 Å². The van der Waals surface area contributed by atoms with Crippen LogP contribution in [0.15, 0.2) is 48.5 Å². The van der Waals surface area contributed by atoms with E-state index in [2.05, 4.69) is 29.6 Å². The van der Waals surface area contributed by atoms with E-state index >= 15 is 0 Å². The maximum absolute atomic E-state index is 13.1. The lowest BCUT2D eigenvalue weighted by Gasteiger charge is -2.30. The summed E-state index contributed by atoms with van der Waals surface area (Å²) >= 11 is 1.18. The Morgan fingerprint density at radius 1 is 0.921 bits per heavy atom. The van der Waals surface area contributed by atoms with Crippen LogP contribution in [0.25, 0.3) is 11.1 Å². The molecule has 2 aromatic rings. The maximum Gasteiger partial charge on any atom is 0.407 e. The highest BCUT2D eigenvalue weighted by Gasteiger charge is 2.34.